The number of thioether (sulfide) groups is 1. The van der Waals surface area contributed by atoms with E-state index in [0.29, 0.717) is 12.1 Å². The predicted octanol–water partition coefficient (Wildman–Crippen LogP) is 3.30. The van der Waals surface area contributed by atoms with Crippen LogP contribution in [0.1, 0.15) is 30.6 Å². The van der Waals surface area contributed by atoms with E-state index in [9.17, 15) is 4.79 Å². The average molecular weight is 373 g/mol. The summed E-state index contributed by atoms with van der Waals surface area (Å²) in [5, 5.41) is 3.99. The minimum Gasteiger partial charge on any atom is -0.351 e. The Labute approximate surface area is 160 Å². The molecule has 140 valence electrons. The topological polar surface area (TPSA) is 50.2 Å². The second kappa shape index (κ2) is 8.73. The number of hydrogen-bond donors (Lipinski definition) is 1. The third-order valence-corrected chi connectivity index (χ3v) is 5.52. The van der Waals surface area contributed by atoms with Crippen molar-refractivity contribution >= 4 is 17.7 Å². The maximum absolute atomic E-state index is 12.4. The Morgan fingerprint density at radius 3 is 2.58 bits per heavy atom. The Morgan fingerprint density at radius 1 is 1.23 bits per heavy atom. The molecule has 6 heteroatoms. The third-order valence-electron chi connectivity index (χ3n) is 4.86. The molecule has 1 aliphatic rings. The van der Waals surface area contributed by atoms with Crippen LogP contribution in [0.3, 0.4) is 0 Å². The van der Waals surface area contributed by atoms with E-state index in [-0.39, 0.29) is 5.91 Å². The molecule has 1 aromatic carbocycles. The van der Waals surface area contributed by atoms with E-state index in [2.05, 4.69) is 29.0 Å². The summed E-state index contributed by atoms with van der Waals surface area (Å²) >= 11 is 1.60. The maximum atomic E-state index is 12.4. The first-order chi connectivity index (χ1) is 12.6. The van der Waals surface area contributed by atoms with Crippen LogP contribution >= 0.6 is 11.8 Å². The first kappa shape index (κ1) is 19.0. The molecule has 0 radical (unpaired) electrons. The van der Waals surface area contributed by atoms with E-state index in [0.717, 1.165) is 42.3 Å². The van der Waals surface area contributed by atoms with Gasteiger partial charge in [-0.1, -0.05) is 25.6 Å². The molecule has 2 aromatic rings. The minimum absolute atomic E-state index is 0.00891. The molecule has 1 saturated heterocycles. The number of piperidine rings is 1. The van der Waals surface area contributed by atoms with Gasteiger partial charge in [-0.05, 0) is 48.8 Å². The van der Waals surface area contributed by atoms with Gasteiger partial charge in [0, 0.05) is 49.8 Å². The van der Waals surface area contributed by atoms with Crippen molar-refractivity contribution in [3.05, 3.63) is 42.2 Å². The number of amides is 1. The maximum Gasteiger partial charge on any atom is 0.251 e. The number of carbonyl (C=O) groups is 1. The van der Waals surface area contributed by atoms with Crippen LogP contribution in [0.5, 0.6) is 0 Å². The highest BCUT2D eigenvalue weighted by atomic mass is 32.2. The van der Waals surface area contributed by atoms with Crippen molar-refractivity contribution in [2.75, 3.05) is 32.4 Å². The Morgan fingerprint density at radius 2 is 1.92 bits per heavy atom. The van der Waals surface area contributed by atoms with E-state index >= 15 is 0 Å². The fraction of sp³-hybridized carbons (Fsp3) is 0.500. The number of imidazole rings is 1. The quantitative estimate of drug-likeness (QED) is 0.791. The van der Waals surface area contributed by atoms with Crippen molar-refractivity contribution in [3.8, 4) is 5.69 Å². The van der Waals surface area contributed by atoms with Gasteiger partial charge in [-0.2, -0.15) is 0 Å². The number of likely N-dealkylation sites (tertiary alicyclic amines) is 1. The number of aromatic nitrogens is 2. The summed E-state index contributed by atoms with van der Waals surface area (Å²) in [6.45, 7) is 8.51. The number of carbonyl (C=O) groups excluding carboxylic acids is 1. The molecule has 1 amide bonds. The molecule has 0 saturated carbocycles. The molecular formula is C20H28N4OS. The van der Waals surface area contributed by atoms with E-state index in [1.807, 2.05) is 41.3 Å². The summed E-state index contributed by atoms with van der Waals surface area (Å²) < 4.78 is 2.02. The first-order valence-electron chi connectivity index (χ1n) is 9.25. The lowest BCUT2D eigenvalue weighted by molar-refractivity contribution is 0.0936. The van der Waals surface area contributed by atoms with Gasteiger partial charge in [0.15, 0.2) is 5.16 Å². The SMILES string of the molecule is CSc1nccn1-c1ccc(C(=O)NCCN2CC(C)CC(C)C2)cc1. The summed E-state index contributed by atoms with van der Waals surface area (Å²) in [6.07, 6.45) is 7.03. The molecule has 1 aromatic heterocycles. The lowest BCUT2D eigenvalue weighted by Gasteiger charge is -2.34. The highest BCUT2D eigenvalue weighted by Gasteiger charge is 2.21. The van der Waals surface area contributed by atoms with Gasteiger partial charge in [-0.15, -0.1) is 0 Å². The molecule has 2 atom stereocenters. The molecule has 1 fully saturated rings. The number of nitrogens with zero attached hydrogens (tertiary/aromatic N) is 3. The lowest BCUT2D eigenvalue weighted by Crippen LogP contribution is -2.42. The molecule has 1 N–H and O–H groups in total. The zero-order valence-corrected chi connectivity index (χ0v) is 16.6. The average Bonchev–Trinajstić information content (AvgIpc) is 3.09. The zero-order chi connectivity index (χ0) is 18.5. The highest BCUT2D eigenvalue weighted by molar-refractivity contribution is 7.98. The molecule has 3 rings (SSSR count). The molecule has 2 heterocycles. The van der Waals surface area contributed by atoms with Gasteiger partial charge >= 0.3 is 0 Å². The van der Waals surface area contributed by atoms with Gasteiger partial charge in [0.05, 0.1) is 0 Å². The fourth-order valence-electron chi connectivity index (χ4n) is 3.81. The van der Waals surface area contributed by atoms with Crippen molar-refractivity contribution in [3.63, 3.8) is 0 Å². The van der Waals surface area contributed by atoms with Gasteiger partial charge in [0.25, 0.3) is 5.91 Å². The highest BCUT2D eigenvalue weighted by Crippen LogP contribution is 2.20. The van der Waals surface area contributed by atoms with Gasteiger partial charge in [-0.25, -0.2) is 4.98 Å². The van der Waals surface area contributed by atoms with Crippen LogP contribution in [-0.4, -0.2) is 52.8 Å². The van der Waals surface area contributed by atoms with Crippen molar-refractivity contribution in [1.29, 1.82) is 0 Å². The fourth-order valence-corrected chi connectivity index (χ4v) is 4.34. The normalized spacial score (nSPS) is 20.9. The molecule has 2 unspecified atom stereocenters. The molecule has 5 nitrogen and oxygen atoms in total. The number of hydrogen-bond acceptors (Lipinski definition) is 4. The van der Waals surface area contributed by atoms with Gasteiger partial charge in [-0.3, -0.25) is 9.36 Å². The summed E-state index contributed by atoms with van der Waals surface area (Å²) in [5.74, 6) is 1.48. The van der Waals surface area contributed by atoms with Gasteiger partial charge < -0.3 is 10.2 Å². The molecule has 0 spiro atoms. The third kappa shape index (κ3) is 4.68. The van der Waals surface area contributed by atoms with E-state index in [4.69, 9.17) is 0 Å². The van der Waals surface area contributed by atoms with E-state index < -0.39 is 0 Å². The Bertz CT molecular complexity index is 718. The van der Waals surface area contributed by atoms with Gasteiger partial charge in [0.1, 0.15) is 0 Å². The van der Waals surface area contributed by atoms with Crippen LogP contribution in [-0.2, 0) is 0 Å². The summed E-state index contributed by atoms with van der Waals surface area (Å²) in [6, 6.07) is 7.67. The summed E-state index contributed by atoms with van der Waals surface area (Å²) in [5.41, 5.74) is 1.71. The monoisotopic (exact) mass is 372 g/mol. The van der Waals surface area contributed by atoms with Crippen LogP contribution in [0.2, 0.25) is 0 Å². The van der Waals surface area contributed by atoms with Crippen molar-refractivity contribution in [2.45, 2.75) is 25.4 Å². The molecule has 0 bridgehead atoms. The molecule has 1 aliphatic heterocycles. The largest absolute Gasteiger partial charge is 0.351 e. The standard InChI is InChI=1S/C20H28N4OS/c1-15-12-16(2)14-23(13-15)10-8-21-19(25)17-4-6-18(7-5-17)24-11-9-22-20(24)26-3/h4-7,9,11,15-16H,8,10,12-14H2,1-3H3,(H,21,25). The Hall–Kier alpha value is -1.79. The second-order valence-corrected chi connectivity index (χ2v) is 8.07. The van der Waals surface area contributed by atoms with Crippen LogP contribution in [0.4, 0.5) is 0 Å². The van der Waals surface area contributed by atoms with Gasteiger partial charge in [0.2, 0.25) is 0 Å². The zero-order valence-electron chi connectivity index (χ0n) is 15.8. The van der Waals surface area contributed by atoms with Crippen LogP contribution in [0.15, 0.2) is 41.8 Å². The lowest BCUT2D eigenvalue weighted by atomic mass is 9.92. The Kier molecular flexibility index (Phi) is 6.38. The minimum atomic E-state index is -0.00891. The number of nitrogens with one attached hydrogen (secondary N) is 1. The second-order valence-electron chi connectivity index (χ2n) is 7.29. The van der Waals surface area contributed by atoms with Crippen molar-refractivity contribution < 1.29 is 4.79 Å². The van der Waals surface area contributed by atoms with Crippen LogP contribution < -0.4 is 5.32 Å². The molecule has 0 aliphatic carbocycles. The smallest absolute Gasteiger partial charge is 0.251 e. The number of benzene rings is 1. The van der Waals surface area contributed by atoms with Crippen LogP contribution in [0.25, 0.3) is 5.69 Å². The number of rotatable bonds is 6. The summed E-state index contributed by atoms with van der Waals surface area (Å²) in [7, 11) is 0. The van der Waals surface area contributed by atoms with E-state index in [1.54, 1.807) is 18.0 Å². The predicted molar refractivity (Wildman–Crippen MR) is 107 cm³/mol. The summed E-state index contributed by atoms with van der Waals surface area (Å²) in [4.78, 5) is 19.2. The van der Waals surface area contributed by atoms with Crippen molar-refractivity contribution in [1.82, 2.24) is 19.8 Å². The van der Waals surface area contributed by atoms with Crippen LogP contribution in [0, 0.1) is 11.8 Å². The first-order valence-corrected chi connectivity index (χ1v) is 10.5. The molecular weight excluding hydrogens is 344 g/mol. The Balaban J connectivity index is 1.52. The van der Waals surface area contributed by atoms with E-state index in [1.165, 1.54) is 6.42 Å². The molecule has 26 heavy (non-hydrogen) atoms. The van der Waals surface area contributed by atoms with Crippen molar-refractivity contribution in [2.24, 2.45) is 11.8 Å².